The van der Waals surface area contributed by atoms with Gasteiger partial charge in [0.1, 0.15) is 23.7 Å². The van der Waals surface area contributed by atoms with E-state index < -0.39 is 55.8 Å². The summed E-state index contributed by atoms with van der Waals surface area (Å²) in [5.74, 6) is -3.98. The molecular formula is C28H44MnN4O12S2. The fraction of sp³-hybridized carbons (Fsp3) is 0.679. The topological polar surface area (TPSA) is 240 Å². The molecule has 1 aromatic rings. The van der Waals surface area contributed by atoms with Crippen molar-refractivity contribution in [3.63, 3.8) is 0 Å². The number of pyridine rings is 1. The summed E-state index contributed by atoms with van der Waals surface area (Å²) in [6.45, 7) is 1.66. The summed E-state index contributed by atoms with van der Waals surface area (Å²) in [5.41, 5.74) is 1.07. The molecule has 1 aromatic heterocycles. The van der Waals surface area contributed by atoms with Crippen LogP contribution < -0.4 is 0 Å². The summed E-state index contributed by atoms with van der Waals surface area (Å²) in [5, 5.41) is 20.1. The van der Waals surface area contributed by atoms with Gasteiger partial charge in [-0.25, -0.2) is 0 Å². The Labute approximate surface area is 285 Å². The first-order valence-electron chi connectivity index (χ1n) is 14.9. The second-order valence-electron chi connectivity index (χ2n) is 11.5. The second-order valence-corrected chi connectivity index (χ2v) is 14.7. The Bertz CT molecular complexity index is 1330. The number of hydrogen-bond donors (Lipinski definition) is 4. The molecule has 47 heavy (non-hydrogen) atoms. The van der Waals surface area contributed by atoms with E-state index in [1.165, 1.54) is 0 Å². The molecule has 0 fully saturated rings. The Morgan fingerprint density at radius 2 is 1.11 bits per heavy atom. The fourth-order valence-corrected chi connectivity index (χ4v) is 6.21. The molecule has 4 N–H and O–H groups in total. The van der Waals surface area contributed by atoms with Crippen molar-refractivity contribution < 1.29 is 72.4 Å². The molecule has 1 radical (unpaired) electrons. The van der Waals surface area contributed by atoms with Gasteiger partial charge in [0.15, 0.2) is 0 Å². The van der Waals surface area contributed by atoms with Crippen LogP contribution in [0.3, 0.4) is 0 Å². The summed E-state index contributed by atoms with van der Waals surface area (Å²) in [7, 11) is -6.58. The summed E-state index contributed by atoms with van der Waals surface area (Å²) in [4.78, 5) is 59.3. The van der Waals surface area contributed by atoms with E-state index >= 15 is 0 Å². The summed E-state index contributed by atoms with van der Waals surface area (Å²) in [6.07, 6.45) is -0.518. The zero-order valence-corrected chi connectivity index (χ0v) is 29.1. The molecule has 0 amide bonds. The van der Waals surface area contributed by atoms with Crippen LogP contribution in [0.2, 0.25) is 0 Å². The van der Waals surface area contributed by atoms with Crippen molar-refractivity contribution >= 4 is 43.7 Å². The Morgan fingerprint density at radius 1 is 0.723 bits per heavy atom. The number of nitrogens with zero attached hydrogens (tertiary/aromatic N) is 4. The molecule has 1 aliphatic heterocycles. The quantitative estimate of drug-likeness (QED) is 0.119. The standard InChI is InChI=1S/C28H44N4O12S2.Mn/c1-30-13-15-31(25(27(35)36)11-9-23(33)7-3-17-45(39,40)41)19-21-5-2-6-22(29-21)20-32(16-14-30)26(28(37)38)12-10-24(34)8-4-18-46(42,43)44;/h2,5-6,25-26H,3-4,7-20H2,1H3,(H,35,36)(H,37,38)(H,39,40,41)(H,42,43,44);. The Kier molecular flexibility index (Phi) is 18.4. The molecule has 0 aliphatic carbocycles. The number of likely N-dealkylation sites (N-methyl/N-ethyl adjacent to an activating group) is 1. The van der Waals surface area contributed by atoms with Gasteiger partial charge in [0, 0.05) is 82.0 Å². The van der Waals surface area contributed by atoms with Crippen molar-refractivity contribution in [1.29, 1.82) is 0 Å². The van der Waals surface area contributed by atoms with E-state index in [9.17, 15) is 46.2 Å². The molecule has 19 heteroatoms. The van der Waals surface area contributed by atoms with E-state index in [1.54, 1.807) is 28.0 Å². The molecule has 2 bridgehead atoms. The third-order valence-corrected chi connectivity index (χ3v) is 9.30. The van der Waals surface area contributed by atoms with E-state index in [0.29, 0.717) is 24.5 Å². The van der Waals surface area contributed by atoms with Crippen molar-refractivity contribution in [3.05, 3.63) is 29.6 Å². The van der Waals surface area contributed by atoms with Crippen molar-refractivity contribution in [2.24, 2.45) is 0 Å². The molecule has 2 unspecified atom stereocenters. The zero-order chi connectivity index (χ0) is 34.5. The first-order chi connectivity index (χ1) is 21.4. The van der Waals surface area contributed by atoms with Gasteiger partial charge in [-0.2, -0.15) is 16.8 Å². The van der Waals surface area contributed by atoms with Crippen LogP contribution in [0.25, 0.3) is 0 Å². The maximum Gasteiger partial charge on any atom is 0.320 e. The van der Waals surface area contributed by atoms with Gasteiger partial charge < -0.3 is 15.1 Å². The molecule has 0 saturated heterocycles. The largest absolute Gasteiger partial charge is 0.480 e. The minimum absolute atomic E-state index is 0. The maximum atomic E-state index is 12.3. The number of carbonyl (C=O) groups is 4. The number of carboxylic acid groups (broad SMARTS) is 2. The smallest absolute Gasteiger partial charge is 0.320 e. The molecular weight excluding hydrogens is 703 g/mol. The Morgan fingerprint density at radius 3 is 1.45 bits per heavy atom. The summed E-state index contributed by atoms with van der Waals surface area (Å²) in [6, 6.07) is 3.10. The second kappa shape index (κ2) is 20.2. The van der Waals surface area contributed by atoms with Crippen LogP contribution in [0.15, 0.2) is 18.2 Å². The van der Waals surface area contributed by atoms with Crippen molar-refractivity contribution in [1.82, 2.24) is 19.7 Å². The molecule has 267 valence electrons. The van der Waals surface area contributed by atoms with Crippen molar-refractivity contribution in [3.8, 4) is 0 Å². The van der Waals surface area contributed by atoms with Crippen molar-refractivity contribution in [2.45, 2.75) is 76.5 Å². The van der Waals surface area contributed by atoms with Gasteiger partial charge in [-0.15, -0.1) is 0 Å². The van der Waals surface area contributed by atoms with E-state index in [-0.39, 0.29) is 106 Å². The minimum Gasteiger partial charge on any atom is -0.480 e. The molecule has 0 saturated carbocycles. The molecule has 0 spiro atoms. The monoisotopic (exact) mass is 747 g/mol. The summed E-state index contributed by atoms with van der Waals surface area (Å²) >= 11 is 0. The molecule has 2 rings (SSSR count). The van der Waals surface area contributed by atoms with Crippen LogP contribution in [0, 0.1) is 0 Å². The van der Waals surface area contributed by atoms with Crippen LogP contribution in [0.1, 0.15) is 62.8 Å². The number of ketones is 2. The van der Waals surface area contributed by atoms with E-state index in [2.05, 4.69) is 4.98 Å². The number of carboxylic acids is 2. The predicted octanol–water partition coefficient (Wildman–Crippen LogP) is 0.570. The van der Waals surface area contributed by atoms with Gasteiger partial charge in [-0.05, 0) is 44.9 Å². The number of Topliss-reactive ketones (excluding diaryl/α,β-unsaturated/α-hetero) is 2. The maximum absolute atomic E-state index is 12.3. The Hall–Kier alpha value is -2.35. The van der Waals surface area contributed by atoms with Gasteiger partial charge in [-0.1, -0.05) is 6.07 Å². The van der Waals surface area contributed by atoms with Gasteiger partial charge in [0.25, 0.3) is 20.2 Å². The van der Waals surface area contributed by atoms with Gasteiger partial charge in [0.05, 0.1) is 22.9 Å². The van der Waals surface area contributed by atoms with E-state index in [0.717, 1.165) is 0 Å². The number of carbonyl (C=O) groups excluding carboxylic acids is 2. The minimum atomic E-state index is -4.19. The summed E-state index contributed by atoms with van der Waals surface area (Å²) < 4.78 is 61.4. The number of hydrogen-bond acceptors (Lipinski definition) is 12. The predicted molar refractivity (Wildman–Crippen MR) is 165 cm³/mol. The third kappa shape index (κ3) is 17.6. The SMILES string of the molecule is CN1CCN(C(CCC(=O)CCCS(=O)(=O)O)C(=O)O)Cc2cccc(n2)CN(C(CCC(=O)CCCS(=O)(=O)O)C(=O)O)CC1.[Mn]. The number of fused-ring (bicyclic) bond motifs is 2. The first kappa shape index (κ1) is 42.7. The number of aromatic nitrogens is 1. The molecule has 2 heterocycles. The Balaban J connectivity index is 0.0000110. The zero-order valence-electron chi connectivity index (χ0n) is 26.2. The average molecular weight is 748 g/mol. The molecule has 2 atom stereocenters. The fourth-order valence-electron chi connectivity index (χ4n) is 5.20. The van der Waals surface area contributed by atoms with Crippen molar-refractivity contribution in [2.75, 3.05) is 44.7 Å². The van der Waals surface area contributed by atoms with Gasteiger partial charge in [-0.3, -0.25) is 43.1 Å². The number of rotatable bonds is 18. The number of aliphatic carboxylic acids is 2. The van der Waals surface area contributed by atoms with E-state index in [4.69, 9.17) is 9.11 Å². The van der Waals surface area contributed by atoms with Gasteiger partial charge >= 0.3 is 11.9 Å². The molecule has 0 aromatic carbocycles. The molecule has 1 aliphatic rings. The van der Waals surface area contributed by atoms with Crippen LogP contribution in [0.4, 0.5) is 0 Å². The van der Waals surface area contributed by atoms with Crippen LogP contribution >= 0.6 is 0 Å². The first-order valence-corrected chi connectivity index (χ1v) is 18.2. The average Bonchev–Trinajstić information content (AvgIpc) is 2.92. The van der Waals surface area contributed by atoms with Gasteiger partial charge in [0.2, 0.25) is 0 Å². The van der Waals surface area contributed by atoms with E-state index in [1.807, 2.05) is 11.9 Å². The van der Waals surface area contributed by atoms with Crippen LogP contribution in [-0.2, 0) is 69.6 Å². The molecule has 16 nitrogen and oxygen atoms in total. The van der Waals surface area contributed by atoms with Crippen LogP contribution in [0.5, 0.6) is 0 Å². The normalized spacial score (nSPS) is 17.0. The third-order valence-electron chi connectivity index (χ3n) is 7.69. The van der Waals surface area contributed by atoms with Crippen LogP contribution in [-0.4, -0.2) is 136 Å².